The highest BCUT2D eigenvalue weighted by Gasteiger charge is 2.06. The number of hydrogen-bond acceptors (Lipinski definition) is 2. The van der Waals surface area contributed by atoms with Crippen LogP contribution in [0.15, 0.2) is 142 Å². The quantitative estimate of drug-likeness (QED) is 0.162. The van der Waals surface area contributed by atoms with Gasteiger partial charge in [0.2, 0.25) is 0 Å². The van der Waals surface area contributed by atoms with E-state index in [-0.39, 0.29) is 0 Å². The highest BCUT2D eigenvalue weighted by atomic mass is 14.9. The molecule has 0 atom stereocenters. The molecule has 0 aliphatic rings. The summed E-state index contributed by atoms with van der Waals surface area (Å²) in [5.74, 6) is 0.679. The molecule has 206 valence electrons. The minimum atomic E-state index is 0.489. The van der Waals surface area contributed by atoms with E-state index in [0.717, 1.165) is 45.5 Å². The first kappa shape index (κ1) is 31.8. The minimum absolute atomic E-state index is 0.489. The van der Waals surface area contributed by atoms with Crippen LogP contribution in [-0.4, -0.2) is 23.8 Å². The maximum atomic E-state index is 8.52. The lowest BCUT2D eigenvalue weighted by Gasteiger charge is -2.08. The second-order valence-electron chi connectivity index (χ2n) is 9.43. The molecular formula is C37H43N3. The molecule has 2 rings (SSSR count). The Morgan fingerprint density at radius 1 is 0.900 bits per heavy atom. The zero-order valence-corrected chi connectivity index (χ0v) is 24.9. The fourth-order valence-corrected chi connectivity index (χ4v) is 3.95. The largest absolute Gasteiger partial charge is 0.300 e. The average molecular weight is 530 g/mol. The van der Waals surface area contributed by atoms with Gasteiger partial charge in [-0.25, -0.2) is 4.99 Å². The Morgan fingerprint density at radius 3 is 2.27 bits per heavy atom. The maximum absolute atomic E-state index is 8.52. The fraction of sp³-hybridized carbons (Fsp3) is 0.216. The lowest BCUT2D eigenvalue weighted by atomic mass is 10.0. The molecule has 0 saturated heterocycles. The topological polar surface area (TPSA) is 48.6 Å². The first-order valence-electron chi connectivity index (χ1n) is 13.7. The molecule has 2 aromatic rings. The summed E-state index contributed by atoms with van der Waals surface area (Å²) in [6.45, 7) is 16.7. The van der Waals surface area contributed by atoms with Gasteiger partial charge in [-0.3, -0.25) is 4.99 Å². The van der Waals surface area contributed by atoms with Gasteiger partial charge in [0.1, 0.15) is 0 Å². The van der Waals surface area contributed by atoms with Crippen molar-refractivity contribution in [1.82, 2.24) is 0 Å². The zero-order chi connectivity index (χ0) is 29.3. The van der Waals surface area contributed by atoms with Crippen molar-refractivity contribution >= 4 is 23.3 Å². The van der Waals surface area contributed by atoms with E-state index in [9.17, 15) is 0 Å². The smallest absolute Gasteiger partial charge is 0.154 e. The predicted molar refractivity (Wildman–Crippen MR) is 178 cm³/mol. The van der Waals surface area contributed by atoms with Gasteiger partial charge in [0.25, 0.3) is 0 Å². The molecule has 0 aliphatic heterocycles. The summed E-state index contributed by atoms with van der Waals surface area (Å²) in [5, 5.41) is 8.52. The molecule has 0 saturated carbocycles. The standard InChI is InChI=1S/C37H43N3/c1-8-16-28(5)29(6)30(7)40-37(34(10-3)11-4)39-27-33(17-9-2)23-22-32-20-15-21-35(26-32)36(38)25-24-31-18-13-12-14-19-31/h8-21,23-26,38H,3,22,27H2,1-2,4-7H3/b16-8-,17-9-,25-24+,29-28+,33-23+,34-11+,38-36?,39-37?,40-30?. The van der Waals surface area contributed by atoms with Gasteiger partial charge in [0, 0.05) is 11.3 Å². The molecule has 1 N–H and O–H groups in total. The summed E-state index contributed by atoms with van der Waals surface area (Å²) in [6, 6.07) is 18.2. The maximum Gasteiger partial charge on any atom is 0.154 e. The molecule has 0 bridgehead atoms. The first-order chi connectivity index (χ1) is 19.3. The Labute approximate surface area is 241 Å². The SMILES string of the molecule is C=C/C(=C\C)C(=NCC(/C=C\C)=C/Cc1cccc(C(=N)/C=C/c2ccccc2)c1)N=C(C)/C(C)=C(C)/C=C\C. The van der Waals surface area contributed by atoms with Crippen molar-refractivity contribution in [2.75, 3.05) is 6.54 Å². The van der Waals surface area contributed by atoms with Crippen molar-refractivity contribution in [1.29, 1.82) is 5.41 Å². The van der Waals surface area contributed by atoms with E-state index in [0.29, 0.717) is 18.1 Å². The fourth-order valence-electron chi connectivity index (χ4n) is 3.95. The average Bonchev–Trinajstić information content (AvgIpc) is 2.97. The van der Waals surface area contributed by atoms with Crippen LogP contribution in [0.2, 0.25) is 0 Å². The van der Waals surface area contributed by atoms with Gasteiger partial charge >= 0.3 is 0 Å². The number of aliphatic imine (C=N–C) groups is 2. The van der Waals surface area contributed by atoms with E-state index in [1.807, 2.05) is 101 Å². The zero-order valence-electron chi connectivity index (χ0n) is 24.9. The molecule has 3 heteroatoms. The summed E-state index contributed by atoms with van der Waals surface area (Å²) in [4.78, 5) is 9.81. The molecule has 0 heterocycles. The van der Waals surface area contributed by atoms with Crippen LogP contribution in [0.5, 0.6) is 0 Å². The molecular weight excluding hydrogens is 486 g/mol. The Morgan fingerprint density at radius 2 is 1.62 bits per heavy atom. The van der Waals surface area contributed by atoms with E-state index in [1.54, 1.807) is 6.08 Å². The van der Waals surface area contributed by atoms with Gasteiger partial charge in [0.15, 0.2) is 5.84 Å². The number of nitrogens with zero attached hydrogens (tertiary/aromatic N) is 2. The Kier molecular flexibility index (Phi) is 13.7. The molecule has 0 aliphatic carbocycles. The number of benzene rings is 2. The lowest BCUT2D eigenvalue weighted by Crippen LogP contribution is -2.06. The van der Waals surface area contributed by atoms with Crippen LogP contribution in [0.3, 0.4) is 0 Å². The summed E-state index contributed by atoms with van der Waals surface area (Å²) in [7, 11) is 0. The molecule has 0 spiro atoms. The highest BCUT2D eigenvalue weighted by molar-refractivity contribution is 6.12. The number of allylic oxidation sites excluding steroid dienone is 8. The summed E-state index contributed by atoms with van der Waals surface area (Å²) in [6.07, 6.45) is 18.8. The third kappa shape index (κ3) is 10.4. The normalized spacial score (nSPS) is 14.3. The van der Waals surface area contributed by atoms with Gasteiger partial charge in [0.05, 0.1) is 12.3 Å². The molecule has 0 amide bonds. The first-order valence-corrected chi connectivity index (χ1v) is 13.7. The van der Waals surface area contributed by atoms with Crippen LogP contribution in [0.4, 0.5) is 0 Å². The highest BCUT2D eigenvalue weighted by Crippen LogP contribution is 2.14. The Bertz CT molecular complexity index is 1400. The van der Waals surface area contributed by atoms with Crippen LogP contribution in [0.1, 0.15) is 58.2 Å². The third-order valence-electron chi connectivity index (χ3n) is 6.49. The van der Waals surface area contributed by atoms with Crippen LogP contribution in [0.25, 0.3) is 6.08 Å². The summed E-state index contributed by atoms with van der Waals surface area (Å²) in [5.41, 5.74) is 8.89. The van der Waals surface area contributed by atoms with Crippen LogP contribution in [0, 0.1) is 5.41 Å². The summed E-state index contributed by atoms with van der Waals surface area (Å²) < 4.78 is 0. The molecule has 0 unspecified atom stereocenters. The minimum Gasteiger partial charge on any atom is -0.300 e. The molecule has 0 radical (unpaired) electrons. The monoisotopic (exact) mass is 529 g/mol. The van der Waals surface area contributed by atoms with Gasteiger partial charge in [-0.1, -0.05) is 104 Å². The van der Waals surface area contributed by atoms with Gasteiger partial charge in [-0.05, 0) is 93.5 Å². The van der Waals surface area contributed by atoms with Crippen molar-refractivity contribution in [2.24, 2.45) is 9.98 Å². The third-order valence-corrected chi connectivity index (χ3v) is 6.49. The van der Waals surface area contributed by atoms with Crippen molar-refractivity contribution < 1.29 is 0 Å². The van der Waals surface area contributed by atoms with E-state index < -0.39 is 0 Å². The van der Waals surface area contributed by atoms with Gasteiger partial charge < -0.3 is 5.41 Å². The van der Waals surface area contributed by atoms with E-state index >= 15 is 0 Å². The molecule has 0 fully saturated rings. The number of amidine groups is 1. The van der Waals surface area contributed by atoms with Gasteiger partial charge in [-0.15, -0.1) is 0 Å². The van der Waals surface area contributed by atoms with Crippen molar-refractivity contribution in [3.8, 4) is 0 Å². The second kappa shape index (κ2) is 17.3. The number of rotatable bonds is 12. The molecule has 0 aromatic heterocycles. The second-order valence-corrected chi connectivity index (χ2v) is 9.43. The molecule has 3 nitrogen and oxygen atoms in total. The van der Waals surface area contributed by atoms with Crippen LogP contribution >= 0.6 is 0 Å². The van der Waals surface area contributed by atoms with E-state index in [2.05, 4.69) is 50.8 Å². The van der Waals surface area contributed by atoms with Gasteiger partial charge in [-0.2, -0.15) is 0 Å². The van der Waals surface area contributed by atoms with Crippen molar-refractivity contribution in [2.45, 2.75) is 48.0 Å². The molecule has 40 heavy (non-hydrogen) atoms. The number of nitrogens with one attached hydrogen (secondary N) is 1. The van der Waals surface area contributed by atoms with Crippen LogP contribution < -0.4 is 0 Å². The predicted octanol–water partition coefficient (Wildman–Crippen LogP) is 9.72. The van der Waals surface area contributed by atoms with Crippen LogP contribution in [-0.2, 0) is 6.42 Å². The van der Waals surface area contributed by atoms with Crippen molar-refractivity contribution in [3.63, 3.8) is 0 Å². The van der Waals surface area contributed by atoms with E-state index in [1.165, 1.54) is 5.57 Å². The van der Waals surface area contributed by atoms with E-state index in [4.69, 9.17) is 15.4 Å². The summed E-state index contributed by atoms with van der Waals surface area (Å²) >= 11 is 0. The van der Waals surface area contributed by atoms with Crippen molar-refractivity contribution in [3.05, 3.63) is 149 Å². The number of hydrogen-bond donors (Lipinski definition) is 1. The Balaban J connectivity index is 2.29. The Hall–Kier alpha value is -4.37. The lowest BCUT2D eigenvalue weighted by molar-refractivity contribution is 1.13. The molecule has 2 aromatic carbocycles.